The molecule has 0 spiro atoms. The number of aryl methyl sites for hydroxylation is 1. The third-order valence-electron chi connectivity index (χ3n) is 4.30. The van der Waals surface area contributed by atoms with Gasteiger partial charge in [-0.1, -0.05) is 0 Å². The second-order valence-electron chi connectivity index (χ2n) is 6.02. The van der Waals surface area contributed by atoms with Gasteiger partial charge in [-0.2, -0.15) is 5.10 Å². The average Bonchev–Trinajstić information content (AvgIpc) is 3.28. The Balaban J connectivity index is 1.48. The number of hydrogen-bond donors (Lipinski definition) is 1. The Labute approximate surface area is 146 Å². The molecule has 0 bridgehead atoms. The van der Waals surface area contributed by atoms with Gasteiger partial charge >= 0.3 is 0 Å². The molecule has 2 aromatic rings. The fraction of sp³-hybridized carbons (Fsp3) is 0.389. The first-order valence-corrected chi connectivity index (χ1v) is 8.37. The van der Waals surface area contributed by atoms with Crippen LogP contribution in [0.4, 0.5) is 5.69 Å². The highest BCUT2D eigenvalue weighted by Gasteiger charge is 2.34. The van der Waals surface area contributed by atoms with Crippen molar-refractivity contribution in [2.75, 3.05) is 25.1 Å². The molecule has 2 heterocycles. The minimum Gasteiger partial charge on any atom is -0.497 e. The first kappa shape index (κ1) is 17.0. The molecule has 132 valence electrons. The van der Waals surface area contributed by atoms with Crippen LogP contribution in [0.3, 0.4) is 0 Å². The molecule has 0 radical (unpaired) electrons. The molecular formula is C18H22N4O3. The molecule has 0 unspecified atom stereocenters. The second kappa shape index (κ2) is 7.83. The zero-order valence-corrected chi connectivity index (χ0v) is 14.2. The van der Waals surface area contributed by atoms with Gasteiger partial charge in [0.25, 0.3) is 0 Å². The van der Waals surface area contributed by atoms with Gasteiger partial charge in [0.05, 0.1) is 13.0 Å². The lowest BCUT2D eigenvalue weighted by Crippen LogP contribution is -2.33. The summed E-state index contributed by atoms with van der Waals surface area (Å²) in [6.45, 7) is 1.75. The Morgan fingerprint density at radius 2 is 2.16 bits per heavy atom. The van der Waals surface area contributed by atoms with Crippen molar-refractivity contribution in [1.29, 1.82) is 0 Å². The lowest BCUT2D eigenvalue weighted by molar-refractivity contribution is -0.126. The lowest BCUT2D eigenvalue weighted by atomic mass is 10.1. The molecular weight excluding hydrogens is 320 g/mol. The molecule has 3 rings (SSSR count). The number of amides is 2. The molecule has 1 aliphatic rings. The summed E-state index contributed by atoms with van der Waals surface area (Å²) in [7, 11) is 1.60. The van der Waals surface area contributed by atoms with E-state index in [9.17, 15) is 9.59 Å². The van der Waals surface area contributed by atoms with E-state index in [2.05, 4.69) is 10.4 Å². The first-order valence-electron chi connectivity index (χ1n) is 8.37. The van der Waals surface area contributed by atoms with Crippen LogP contribution in [0.5, 0.6) is 5.75 Å². The molecule has 1 aromatic carbocycles. The van der Waals surface area contributed by atoms with Crippen molar-refractivity contribution in [2.45, 2.75) is 19.4 Å². The van der Waals surface area contributed by atoms with Gasteiger partial charge in [-0.3, -0.25) is 14.3 Å². The fourth-order valence-electron chi connectivity index (χ4n) is 2.92. The van der Waals surface area contributed by atoms with Gasteiger partial charge in [-0.05, 0) is 36.8 Å². The van der Waals surface area contributed by atoms with E-state index in [1.807, 2.05) is 41.2 Å². The lowest BCUT2D eigenvalue weighted by Gasteiger charge is -2.17. The predicted molar refractivity (Wildman–Crippen MR) is 93.3 cm³/mol. The van der Waals surface area contributed by atoms with E-state index in [1.54, 1.807) is 18.2 Å². The van der Waals surface area contributed by atoms with Gasteiger partial charge in [0.2, 0.25) is 11.8 Å². The van der Waals surface area contributed by atoms with Crippen LogP contribution >= 0.6 is 0 Å². The van der Waals surface area contributed by atoms with Crippen LogP contribution in [0.15, 0.2) is 42.7 Å². The van der Waals surface area contributed by atoms with Crippen LogP contribution < -0.4 is 15.0 Å². The summed E-state index contributed by atoms with van der Waals surface area (Å²) in [4.78, 5) is 26.2. The Kier molecular flexibility index (Phi) is 5.33. The summed E-state index contributed by atoms with van der Waals surface area (Å²) in [5, 5.41) is 7.04. The minimum absolute atomic E-state index is 0.0261. The Bertz CT molecular complexity index is 712. The summed E-state index contributed by atoms with van der Waals surface area (Å²) in [6, 6.07) is 9.16. The quantitative estimate of drug-likeness (QED) is 0.773. The maximum absolute atomic E-state index is 12.3. The molecule has 1 saturated heterocycles. The number of carbonyl (C=O) groups is 2. The maximum atomic E-state index is 12.3. The summed E-state index contributed by atoms with van der Waals surface area (Å²) in [5.41, 5.74) is 0.791. The van der Waals surface area contributed by atoms with Gasteiger partial charge in [0.15, 0.2) is 0 Å². The van der Waals surface area contributed by atoms with Crippen molar-refractivity contribution in [2.24, 2.45) is 5.92 Å². The second-order valence-corrected chi connectivity index (χ2v) is 6.02. The molecule has 1 aromatic heterocycles. The average molecular weight is 342 g/mol. The molecule has 0 saturated carbocycles. The summed E-state index contributed by atoms with van der Waals surface area (Å²) in [6.07, 6.45) is 4.67. The number of nitrogens with zero attached hydrogens (tertiary/aromatic N) is 3. The van der Waals surface area contributed by atoms with Gasteiger partial charge in [-0.25, -0.2) is 0 Å². The van der Waals surface area contributed by atoms with E-state index >= 15 is 0 Å². The first-order chi connectivity index (χ1) is 12.2. The van der Waals surface area contributed by atoms with E-state index in [4.69, 9.17) is 4.74 Å². The number of hydrogen-bond acceptors (Lipinski definition) is 4. The zero-order chi connectivity index (χ0) is 17.6. The standard InChI is InChI=1S/C18H22N4O3/c1-25-16-6-4-15(5-7-16)22-13-14(12-17(22)23)18(24)19-8-2-10-21-11-3-9-20-21/h3-7,9,11,14H,2,8,10,12-13H2,1H3,(H,19,24)/t14-/m0/s1. The van der Waals surface area contributed by atoms with Gasteiger partial charge < -0.3 is 15.0 Å². The molecule has 7 nitrogen and oxygen atoms in total. The Morgan fingerprint density at radius 3 is 2.84 bits per heavy atom. The topological polar surface area (TPSA) is 76.5 Å². The molecule has 2 amide bonds. The van der Waals surface area contributed by atoms with Crippen molar-refractivity contribution in [1.82, 2.24) is 15.1 Å². The number of ether oxygens (including phenoxy) is 1. The number of methoxy groups -OCH3 is 1. The molecule has 25 heavy (non-hydrogen) atoms. The third-order valence-corrected chi connectivity index (χ3v) is 4.30. The Morgan fingerprint density at radius 1 is 1.36 bits per heavy atom. The number of benzene rings is 1. The number of rotatable bonds is 7. The van der Waals surface area contributed by atoms with E-state index in [-0.39, 0.29) is 24.2 Å². The zero-order valence-electron chi connectivity index (χ0n) is 14.2. The Hall–Kier alpha value is -2.83. The number of carbonyl (C=O) groups excluding carboxylic acids is 2. The molecule has 1 fully saturated rings. The number of anilines is 1. The normalized spacial score (nSPS) is 16.9. The summed E-state index contributed by atoms with van der Waals surface area (Å²) >= 11 is 0. The fourth-order valence-corrected chi connectivity index (χ4v) is 2.92. The van der Waals surface area contributed by atoms with Crippen molar-refractivity contribution in [3.8, 4) is 5.75 Å². The smallest absolute Gasteiger partial charge is 0.227 e. The van der Waals surface area contributed by atoms with Gasteiger partial charge in [0.1, 0.15) is 5.75 Å². The molecule has 1 N–H and O–H groups in total. The van der Waals surface area contributed by atoms with E-state index in [0.717, 1.165) is 24.4 Å². The third kappa shape index (κ3) is 4.17. The van der Waals surface area contributed by atoms with Crippen LogP contribution in [-0.4, -0.2) is 41.8 Å². The van der Waals surface area contributed by atoms with Crippen LogP contribution in [0, 0.1) is 5.92 Å². The minimum atomic E-state index is -0.306. The van der Waals surface area contributed by atoms with Crippen LogP contribution in [-0.2, 0) is 16.1 Å². The highest BCUT2D eigenvalue weighted by atomic mass is 16.5. The van der Waals surface area contributed by atoms with Gasteiger partial charge in [0, 0.05) is 44.1 Å². The van der Waals surface area contributed by atoms with Gasteiger partial charge in [-0.15, -0.1) is 0 Å². The van der Waals surface area contributed by atoms with E-state index in [1.165, 1.54) is 0 Å². The van der Waals surface area contributed by atoms with Crippen molar-refractivity contribution in [3.63, 3.8) is 0 Å². The monoisotopic (exact) mass is 342 g/mol. The largest absolute Gasteiger partial charge is 0.497 e. The molecule has 1 aliphatic heterocycles. The highest BCUT2D eigenvalue weighted by Crippen LogP contribution is 2.26. The summed E-state index contributed by atoms with van der Waals surface area (Å²) in [5.74, 6) is 0.341. The SMILES string of the molecule is COc1ccc(N2C[C@@H](C(=O)NCCCn3cccn3)CC2=O)cc1. The summed E-state index contributed by atoms with van der Waals surface area (Å²) < 4.78 is 6.96. The predicted octanol–water partition coefficient (Wildman–Crippen LogP) is 1.45. The van der Waals surface area contributed by atoms with Crippen LogP contribution in [0.25, 0.3) is 0 Å². The van der Waals surface area contributed by atoms with E-state index in [0.29, 0.717) is 13.1 Å². The number of aromatic nitrogens is 2. The van der Waals surface area contributed by atoms with Crippen LogP contribution in [0.2, 0.25) is 0 Å². The van der Waals surface area contributed by atoms with Crippen molar-refractivity contribution >= 4 is 17.5 Å². The number of nitrogens with one attached hydrogen (secondary N) is 1. The maximum Gasteiger partial charge on any atom is 0.227 e. The van der Waals surface area contributed by atoms with Crippen molar-refractivity contribution in [3.05, 3.63) is 42.7 Å². The van der Waals surface area contributed by atoms with Crippen LogP contribution in [0.1, 0.15) is 12.8 Å². The molecule has 7 heteroatoms. The van der Waals surface area contributed by atoms with E-state index < -0.39 is 0 Å². The van der Waals surface area contributed by atoms with Crippen molar-refractivity contribution < 1.29 is 14.3 Å². The molecule has 1 atom stereocenters. The molecule has 0 aliphatic carbocycles. The highest BCUT2D eigenvalue weighted by molar-refractivity contribution is 6.00.